The molecule has 0 fully saturated rings. The molecule has 0 aliphatic heterocycles. The summed E-state index contributed by atoms with van der Waals surface area (Å²) in [5.41, 5.74) is 2.58. The van der Waals surface area contributed by atoms with Gasteiger partial charge in [0, 0.05) is 12.1 Å². The monoisotopic (exact) mass is 553 g/mol. The Morgan fingerprint density at radius 3 is 2.18 bits per heavy atom. The Kier molecular flexibility index (Phi) is 9.58. The zero-order chi connectivity index (χ0) is 28.7. The van der Waals surface area contributed by atoms with E-state index in [9.17, 15) is 18.0 Å². The number of carbonyl (C=O) groups excluding carboxylic acids is 2. The highest BCUT2D eigenvalue weighted by Crippen LogP contribution is 2.33. The smallest absolute Gasteiger partial charge is 0.264 e. The van der Waals surface area contributed by atoms with Crippen molar-refractivity contribution >= 4 is 33.2 Å². The number of carbonyl (C=O) groups is 2. The van der Waals surface area contributed by atoms with Gasteiger partial charge >= 0.3 is 0 Å². The molecule has 0 saturated carbocycles. The highest BCUT2D eigenvalue weighted by Gasteiger charge is 2.29. The predicted molar refractivity (Wildman–Crippen MR) is 152 cm³/mol. The average Bonchev–Trinajstić information content (AvgIpc) is 2.90. The molecule has 0 aliphatic carbocycles. The van der Waals surface area contributed by atoms with Crippen LogP contribution < -0.4 is 24.4 Å². The molecule has 0 saturated heterocycles. The standard InChI is InChI=1S/C29H35N3O6S/c1-7-21(4)30-29(34)24-10-8-9-11-25(24)31-28(33)18-32(22-15-19(2)14-20(3)16-22)39(35,36)23-12-13-26(37-5)27(17-23)38-6/h8-17,21H,7,18H2,1-6H3,(H,30,34)(H,31,33)/t21-/m0/s1. The summed E-state index contributed by atoms with van der Waals surface area (Å²) in [4.78, 5) is 26.1. The minimum atomic E-state index is -4.22. The van der Waals surface area contributed by atoms with Crippen LogP contribution in [-0.2, 0) is 14.8 Å². The van der Waals surface area contributed by atoms with Crippen molar-refractivity contribution in [3.8, 4) is 11.5 Å². The maximum Gasteiger partial charge on any atom is 0.264 e. The van der Waals surface area contributed by atoms with Crippen LogP contribution in [0.5, 0.6) is 11.5 Å². The Hall–Kier alpha value is -4.05. The first-order valence-corrected chi connectivity index (χ1v) is 14.0. The van der Waals surface area contributed by atoms with E-state index in [1.165, 1.54) is 32.4 Å². The zero-order valence-electron chi connectivity index (χ0n) is 23.1. The third-order valence-electron chi connectivity index (χ3n) is 6.16. The van der Waals surface area contributed by atoms with E-state index in [1.807, 2.05) is 33.8 Å². The molecule has 0 heterocycles. The molecule has 0 aliphatic rings. The van der Waals surface area contributed by atoms with Crippen LogP contribution in [0.3, 0.4) is 0 Å². The number of benzene rings is 3. The molecular weight excluding hydrogens is 518 g/mol. The van der Waals surface area contributed by atoms with Gasteiger partial charge in [-0.15, -0.1) is 0 Å². The molecule has 2 N–H and O–H groups in total. The van der Waals surface area contributed by atoms with Crippen LogP contribution in [0.25, 0.3) is 0 Å². The largest absolute Gasteiger partial charge is 0.493 e. The fraction of sp³-hybridized carbons (Fsp3) is 0.310. The van der Waals surface area contributed by atoms with Gasteiger partial charge in [0.25, 0.3) is 15.9 Å². The third kappa shape index (κ3) is 7.08. The molecule has 3 rings (SSSR count). The minimum Gasteiger partial charge on any atom is -0.493 e. The number of methoxy groups -OCH3 is 2. The van der Waals surface area contributed by atoms with Crippen LogP contribution >= 0.6 is 0 Å². The van der Waals surface area contributed by atoms with Crippen molar-refractivity contribution in [3.63, 3.8) is 0 Å². The molecule has 1 atom stereocenters. The van der Waals surface area contributed by atoms with Crippen LogP contribution in [0, 0.1) is 13.8 Å². The van der Waals surface area contributed by atoms with Gasteiger partial charge in [-0.2, -0.15) is 0 Å². The Morgan fingerprint density at radius 2 is 1.56 bits per heavy atom. The van der Waals surface area contributed by atoms with E-state index in [-0.39, 0.29) is 33.8 Å². The van der Waals surface area contributed by atoms with Gasteiger partial charge in [-0.25, -0.2) is 8.42 Å². The van der Waals surface area contributed by atoms with Crippen molar-refractivity contribution in [2.75, 3.05) is 30.4 Å². The normalized spacial score (nSPS) is 11.8. The number of para-hydroxylation sites is 1. The molecule has 2 amide bonds. The molecular formula is C29H35N3O6S. The van der Waals surface area contributed by atoms with Gasteiger partial charge in [0.15, 0.2) is 11.5 Å². The molecule has 0 radical (unpaired) electrons. The van der Waals surface area contributed by atoms with Crippen LogP contribution in [0.15, 0.2) is 65.6 Å². The summed E-state index contributed by atoms with van der Waals surface area (Å²) in [5, 5.41) is 5.61. The summed E-state index contributed by atoms with van der Waals surface area (Å²) in [5.74, 6) is -0.324. The molecule has 9 nitrogen and oxygen atoms in total. The molecule has 0 unspecified atom stereocenters. The second kappa shape index (κ2) is 12.7. The van der Waals surface area contributed by atoms with E-state index in [1.54, 1.807) is 36.4 Å². The number of sulfonamides is 1. The first-order valence-electron chi connectivity index (χ1n) is 12.5. The van der Waals surface area contributed by atoms with Crippen molar-refractivity contribution in [2.24, 2.45) is 0 Å². The predicted octanol–water partition coefficient (Wildman–Crippen LogP) is 4.68. The lowest BCUT2D eigenvalue weighted by atomic mass is 10.1. The number of rotatable bonds is 11. The van der Waals surface area contributed by atoms with Crippen molar-refractivity contribution in [3.05, 3.63) is 77.4 Å². The second-order valence-electron chi connectivity index (χ2n) is 9.25. The van der Waals surface area contributed by atoms with Gasteiger partial charge in [-0.05, 0) is 74.7 Å². The van der Waals surface area contributed by atoms with Gasteiger partial charge in [0.05, 0.1) is 36.1 Å². The summed E-state index contributed by atoms with van der Waals surface area (Å²) in [6.07, 6.45) is 0.749. The quantitative estimate of drug-likeness (QED) is 0.356. The Bertz CT molecular complexity index is 1430. The van der Waals surface area contributed by atoms with Crippen molar-refractivity contribution in [1.82, 2.24) is 5.32 Å². The van der Waals surface area contributed by atoms with E-state index in [4.69, 9.17) is 9.47 Å². The average molecular weight is 554 g/mol. The number of amides is 2. The lowest BCUT2D eigenvalue weighted by molar-refractivity contribution is -0.114. The molecule has 39 heavy (non-hydrogen) atoms. The molecule has 208 valence electrons. The molecule has 0 spiro atoms. The van der Waals surface area contributed by atoms with Gasteiger partial charge < -0.3 is 20.1 Å². The van der Waals surface area contributed by atoms with Gasteiger partial charge in [-0.1, -0.05) is 25.1 Å². The lowest BCUT2D eigenvalue weighted by Gasteiger charge is -2.25. The number of nitrogens with zero attached hydrogens (tertiary/aromatic N) is 1. The van der Waals surface area contributed by atoms with E-state index >= 15 is 0 Å². The highest BCUT2D eigenvalue weighted by atomic mass is 32.2. The topological polar surface area (TPSA) is 114 Å². The SMILES string of the molecule is CC[C@H](C)NC(=O)c1ccccc1NC(=O)CN(c1cc(C)cc(C)c1)S(=O)(=O)c1ccc(OC)c(OC)c1. The maximum atomic E-state index is 13.9. The molecule has 10 heteroatoms. The number of hydrogen-bond acceptors (Lipinski definition) is 6. The van der Waals surface area contributed by atoms with Crippen LogP contribution in [0.2, 0.25) is 0 Å². The van der Waals surface area contributed by atoms with Crippen LogP contribution in [0.4, 0.5) is 11.4 Å². The highest BCUT2D eigenvalue weighted by molar-refractivity contribution is 7.92. The lowest BCUT2D eigenvalue weighted by Crippen LogP contribution is -2.38. The number of ether oxygens (including phenoxy) is 2. The summed E-state index contributed by atoms with van der Waals surface area (Å²) >= 11 is 0. The van der Waals surface area contributed by atoms with Crippen LogP contribution in [0.1, 0.15) is 41.8 Å². The Morgan fingerprint density at radius 1 is 0.923 bits per heavy atom. The molecule has 3 aromatic carbocycles. The van der Waals surface area contributed by atoms with Crippen molar-refractivity contribution in [2.45, 2.75) is 45.1 Å². The van der Waals surface area contributed by atoms with Crippen molar-refractivity contribution in [1.29, 1.82) is 0 Å². The first kappa shape index (κ1) is 29.5. The summed E-state index contributed by atoms with van der Waals surface area (Å²) in [7, 11) is -1.35. The van der Waals surface area contributed by atoms with Crippen molar-refractivity contribution < 1.29 is 27.5 Å². The Balaban J connectivity index is 2.00. The Labute approximate surface area is 230 Å². The number of nitrogens with one attached hydrogen (secondary N) is 2. The van der Waals surface area contributed by atoms with E-state index in [0.29, 0.717) is 11.4 Å². The number of anilines is 2. The number of hydrogen-bond donors (Lipinski definition) is 2. The summed E-state index contributed by atoms with van der Waals surface area (Å²) < 4.78 is 39.4. The fourth-order valence-corrected chi connectivity index (χ4v) is 5.45. The first-order chi connectivity index (χ1) is 18.5. The van der Waals surface area contributed by atoms with Gasteiger partial charge in [0.1, 0.15) is 6.54 Å². The fourth-order valence-electron chi connectivity index (χ4n) is 4.03. The molecule has 0 bridgehead atoms. The van der Waals surface area contributed by atoms with E-state index in [0.717, 1.165) is 21.9 Å². The second-order valence-corrected chi connectivity index (χ2v) is 11.1. The van der Waals surface area contributed by atoms with Gasteiger partial charge in [-0.3, -0.25) is 13.9 Å². The maximum absolute atomic E-state index is 13.9. The van der Waals surface area contributed by atoms with Crippen LogP contribution in [-0.4, -0.2) is 47.0 Å². The molecule has 0 aromatic heterocycles. The zero-order valence-corrected chi connectivity index (χ0v) is 23.9. The van der Waals surface area contributed by atoms with E-state index < -0.39 is 22.5 Å². The third-order valence-corrected chi connectivity index (χ3v) is 7.93. The summed E-state index contributed by atoms with van der Waals surface area (Å²) in [6.45, 7) is 7.02. The molecule has 3 aromatic rings. The van der Waals surface area contributed by atoms with E-state index in [2.05, 4.69) is 10.6 Å². The summed E-state index contributed by atoms with van der Waals surface area (Å²) in [6, 6.07) is 16.1. The van der Waals surface area contributed by atoms with Gasteiger partial charge in [0.2, 0.25) is 5.91 Å². The minimum absolute atomic E-state index is 0.0482. The number of aryl methyl sites for hydroxylation is 2.